The molecule has 0 fully saturated rings. The van der Waals surface area contributed by atoms with Gasteiger partial charge in [-0.05, 0) is 42.8 Å². The maximum absolute atomic E-state index is 13.4. The average Bonchev–Trinajstić information content (AvgIpc) is 2.89. The number of hydrogen-bond acceptors (Lipinski definition) is 2. The average molecular weight is 295 g/mol. The minimum atomic E-state index is -0.798. The quantitative estimate of drug-likeness (QED) is 0.828. The summed E-state index contributed by atoms with van der Waals surface area (Å²) in [4.78, 5) is 2.61. The minimum absolute atomic E-state index is 0.0125. The molecule has 0 aliphatic rings. The van der Waals surface area contributed by atoms with Gasteiger partial charge >= 0.3 is 0 Å². The van der Waals surface area contributed by atoms with Gasteiger partial charge in [0.05, 0.1) is 0 Å². The topological polar surface area (TPSA) is 12.0 Å². The van der Waals surface area contributed by atoms with Gasteiger partial charge in [-0.1, -0.05) is 19.9 Å². The fraction of sp³-hybridized carbons (Fsp3) is 0.375. The van der Waals surface area contributed by atoms with E-state index in [9.17, 15) is 8.78 Å². The van der Waals surface area contributed by atoms with E-state index in [2.05, 4.69) is 24.4 Å². The Morgan fingerprint density at radius 1 is 1.05 bits per heavy atom. The van der Waals surface area contributed by atoms with Gasteiger partial charge in [0.2, 0.25) is 0 Å². The van der Waals surface area contributed by atoms with Crippen molar-refractivity contribution in [3.63, 3.8) is 0 Å². The molecule has 1 heterocycles. The third-order valence-electron chi connectivity index (χ3n) is 3.27. The first-order valence-electron chi connectivity index (χ1n) is 6.90. The van der Waals surface area contributed by atoms with E-state index in [0.717, 1.165) is 24.9 Å². The lowest BCUT2D eigenvalue weighted by atomic mass is 10.0. The summed E-state index contributed by atoms with van der Waals surface area (Å²) in [6.07, 6.45) is 1.82. The molecule has 0 bridgehead atoms. The Morgan fingerprint density at radius 2 is 1.80 bits per heavy atom. The van der Waals surface area contributed by atoms with Crippen LogP contribution < -0.4 is 5.32 Å². The first-order valence-corrected chi connectivity index (χ1v) is 7.71. The lowest BCUT2D eigenvalue weighted by Gasteiger charge is -2.18. The molecule has 4 heteroatoms. The zero-order chi connectivity index (χ0) is 14.5. The van der Waals surface area contributed by atoms with E-state index in [1.807, 2.05) is 6.92 Å². The Balaban J connectivity index is 2.19. The van der Waals surface area contributed by atoms with Crippen molar-refractivity contribution in [1.29, 1.82) is 0 Å². The molecule has 0 saturated heterocycles. The Kier molecular flexibility index (Phi) is 5.26. The van der Waals surface area contributed by atoms with E-state index in [-0.39, 0.29) is 6.04 Å². The van der Waals surface area contributed by atoms with E-state index in [4.69, 9.17) is 0 Å². The van der Waals surface area contributed by atoms with E-state index in [0.29, 0.717) is 0 Å². The minimum Gasteiger partial charge on any atom is -0.310 e. The van der Waals surface area contributed by atoms with Crippen LogP contribution in [0.5, 0.6) is 0 Å². The second kappa shape index (κ2) is 6.95. The lowest BCUT2D eigenvalue weighted by Crippen LogP contribution is -2.22. The van der Waals surface area contributed by atoms with Crippen molar-refractivity contribution in [2.45, 2.75) is 32.7 Å². The van der Waals surface area contributed by atoms with Crippen LogP contribution in [0.25, 0.3) is 0 Å². The molecule has 1 atom stereocenters. The highest BCUT2D eigenvalue weighted by Crippen LogP contribution is 2.25. The predicted molar refractivity (Wildman–Crippen MR) is 80.2 cm³/mol. The van der Waals surface area contributed by atoms with Crippen LogP contribution >= 0.6 is 11.3 Å². The van der Waals surface area contributed by atoms with Gasteiger partial charge in [-0.3, -0.25) is 0 Å². The van der Waals surface area contributed by atoms with Crippen LogP contribution in [0.4, 0.5) is 8.78 Å². The van der Waals surface area contributed by atoms with Crippen LogP contribution in [0.15, 0.2) is 30.3 Å². The van der Waals surface area contributed by atoms with Crippen LogP contribution in [0.3, 0.4) is 0 Å². The van der Waals surface area contributed by atoms with Crippen LogP contribution in [0, 0.1) is 11.6 Å². The molecule has 1 aromatic carbocycles. The summed E-state index contributed by atoms with van der Waals surface area (Å²) in [5.74, 6) is -1.58. The predicted octanol–water partition coefficient (Wildman–Crippen LogP) is 4.48. The van der Waals surface area contributed by atoms with E-state index in [1.54, 1.807) is 17.4 Å². The van der Waals surface area contributed by atoms with Gasteiger partial charge in [0.15, 0.2) is 11.6 Å². The Labute approximate surface area is 122 Å². The lowest BCUT2D eigenvalue weighted by molar-refractivity contribution is 0.497. The number of benzene rings is 1. The number of thiophene rings is 1. The number of aryl methyl sites for hydroxylation is 1. The van der Waals surface area contributed by atoms with Gasteiger partial charge in [0.1, 0.15) is 0 Å². The fourth-order valence-electron chi connectivity index (χ4n) is 2.21. The zero-order valence-corrected chi connectivity index (χ0v) is 12.6. The summed E-state index contributed by atoms with van der Waals surface area (Å²) in [6, 6.07) is 8.40. The summed E-state index contributed by atoms with van der Waals surface area (Å²) < 4.78 is 26.4. The van der Waals surface area contributed by atoms with Crippen molar-refractivity contribution in [1.82, 2.24) is 5.32 Å². The maximum atomic E-state index is 13.4. The fourth-order valence-corrected chi connectivity index (χ4v) is 3.21. The van der Waals surface area contributed by atoms with Gasteiger partial charge in [0, 0.05) is 22.2 Å². The summed E-state index contributed by atoms with van der Waals surface area (Å²) in [5.41, 5.74) is 0.789. The molecule has 108 valence electrons. The molecule has 0 saturated carbocycles. The third-order valence-corrected chi connectivity index (χ3v) is 4.52. The van der Waals surface area contributed by atoms with Crippen LogP contribution in [-0.4, -0.2) is 6.54 Å². The molecule has 0 amide bonds. The van der Waals surface area contributed by atoms with Crippen molar-refractivity contribution >= 4 is 11.3 Å². The normalized spacial score (nSPS) is 12.6. The van der Waals surface area contributed by atoms with Gasteiger partial charge in [-0.2, -0.15) is 0 Å². The monoisotopic (exact) mass is 295 g/mol. The second-order valence-electron chi connectivity index (χ2n) is 4.71. The van der Waals surface area contributed by atoms with Crippen molar-refractivity contribution in [2.75, 3.05) is 6.54 Å². The van der Waals surface area contributed by atoms with Gasteiger partial charge in [0.25, 0.3) is 0 Å². The summed E-state index contributed by atoms with van der Waals surface area (Å²) in [5, 5.41) is 3.34. The van der Waals surface area contributed by atoms with Crippen molar-refractivity contribution in [2.24, 2.45) is 0 Å². The van der Waals surface area contributed by atoms with E-state index < -0.39 is 11.6 Å². The molecule has 1 N–H and O–H groups in total. The molecule has 1 aromatic heterocycles. The van der Waals surface area contributed by atoms with Gasteiger partial charge in [-0.25, -0.2) is 8.78 Å². The van der Waals surface area contributed by atoms with Crippen molar-refractivity contribution < 1.29 is 8.78 Å². The molecule has 2 rings (SSSR count). The van der Waals surface area contributed by atoms with Crippen molar-refractivity contribution in [3.05, 3.63) is 57.3 Å². The molecule has 0 aliphatic carbocycles. The first-order chi connectivity index (χ1) is 9.63. The summed E-state index contributed by atoms with van der Waals surface area (Å²) in [7, 11) is 0. The SMILES string of the molecule is CCNC(Cc1ccc(CC)s1)c1ccc(F)c(F)c1. The molecular weight excluding hydrogens is 276 g/mol. The number of hydrogen-bond donors (Lipinski definition) is 1. The Hall–Kier alpha value is -1.26. The summed E-state index contributed by atoms with van der Waals surface area (Å²) >= 11 is 1.78. The first kappa shape index (κ1) is 15.1. The zero-order valence-electron chi connectivity index (χ0n) is 11.7. The Bertz CT molecular complexity index is 565. The smallest absolute Gasteiger partial charge is 0.159 e. The number of likely N-dealkylation sites (N-methyl/N-ethyl adjacent to an activating group) is 1. The highest BCUT2D eigenvalue weighted by Gasteiger charge is 2.14. The van der Waals surface area contributed by atoms with E-state index in [1.165, 1.54) is 21.9 Å². The largest absolute Gasteiger partial charge is 0.310 e. The van der Waals surface area contributed by atoms with Crippen LogP contribution in [-0.2, 0) is 12.8 Å². The number of rotatable bonds is 6. The second-order valence-corrected chi connectivity index (χ2v) is 5.96. The highest BCUT2D eigenvalue weighted by molar-refractivity contribution is 7.11. The maximum Gasteiger partial charge on any atom is 0.159 e. The van der Waals surface area contributed by atoms with E-state index >= 15 is 0 Å². The molecule has 0 spiro atoms. The van der Waals surface area contributed by atoms with Crippen molar-refractivity contribution in [3.8, 4) is 0 Å². The third kappa shape index (κ3) is 3.64. The molecule has 1 unspecified atom stereocenters. The molecule has 1 nitrogen and oxygen atoms in total. The van der Waals surface area contributed by atoms with Gasteiger partial charge in [-0.15, -0.1) is 11.3 Å². The highest BCUT2D eigenvalue weighted by atomic mass is 32.1. The standard InChI is InChI=1S/C16H19F2NS/c1-3-12-6-7-13(20-12)10-16(19-4-2)11-5-8-14(17)15(18)9-11/h5-9,16,19H,3-4,10H2,1-2H3. The number of halogens is 2. The van der Waals surface area contributed by atoms with Crippen LogP contribution in [0.1, 0.15) is 35.2 Å². The molecular formula is C16H19F2NS. The molecule has 0 radical (unpaired) electrons. The van der Waals surface area contributed by atoms with Crippen LogP contribution in [0.2, 0.25) is 0 Å². The summed E-state index contributed by atoms with van der Waals surface area (Å²) in [6.45, 7) is 4.93. The van der Waals surface area contributed by atoms with Gasteiger partial charge < -0.3 is 5.32 Å². The number of nitrogens with one attached hydrogen (secondary N) is 1. The molecule has 2 aromatic rings. The molecule has 0 aliphatic heterocycles. The molecule has 20 heavy (non-hydrogen) atoms. The Morgan fingerprint density at radius 3 is 2.40 bits per heavy atom.